The third kappa shape index (κ3) is 2.75. The smallest absolute Gasteiger partial charge is 0.0482 e. The number of nitrogens with one attached hydrogen (secondary N) is 1. The van der Waals surface area contributed by atoms with E-state index in [1.165, 1.54) is 30.5 Å². The van der Waals surface area contributed by atoms with Crippen LogP contribution in [0.15, 0.2) is 31.0 Å². The van der Waals surface area contributed by atoms with Crippen LogP contribution in [0.5, 0.6) is 0 Å². The van der Waals surface area contributed by atoms with Crippen molar-refractivity contribution in [1.82, 2.24) is 10.3 Å². The largest absolute Gasteiger partial charge is 0.313 e. The van der Waals surface area contributed by atoms with Crippen LogP contribution in [0.3, 0.4) is 0 Å². The standard InChI is InChI=1S/C15H22N2/c1-3-6-14(16-10-4-2)13-9-8-12-7-5-11-17-15(12)13/h3,5,7,11,13-14,16H,1,4,6,8-10H2,2H3. The second-order valence-electron chi connectivity index (χ2n) is 4.78. The van der Waals surface area contributed by atoms with E-state index in [4.69, 9.17) is 0 Å². The quantitative estimate of drug-likeness (QED) is 0.760. The topological polar surface area (TPSA) is 24.9 Å². The molecule has 0 spiro atoms. The molecule has 2 heteroatoms. The maximum Gasteiger partial charge on any atom is 0.0482 e. The van der Waals surface area contributed by atoms with Crippen LogP contribution < -0.4 is 5.32 Å². The van der Waals surface area contributed by atoms with Gasteiger partial charge in [-0.1, -0.05) is 19.1 Å². The number of nitrogens with zero attached hydrogens (tertiary/aromatic N) is 1. The van der Waals surface area contributed by atoms with Crippen LogP contribution in [0.25, 0.3) is 0 Å². The number of pyridine rings is 1. The summed E-state index contributed by atoms with van der Waals surface area (Å²) in [5, 5.41) is 3.64. The minimum atomic E-state index is 0.503. The number of rotatable bonds is 6. The highest BCUT2D eigenvalue weighted by Crippen LogP contribution is 2.34. The van der Waals surface area contributed by atoms with E-state index in [1.807, 2.05) is 18.3 Å². The summed E-state index contributed by atoms with van der Waals surface area (Å²) >= 11 is 0. The molecule has 0 bridgehead atoms. The number of fused-ring (bicyclic) bond motifs is 1. The first kappa shape index (κ1) is 12.3. The first-order chi connectivity index (χ1) is 8.36. The van der Waals surface area contributed by atoms with Crippen LogP contribution in [0.4, 0.5) is 0 Å². The van der Waals surface area contributed by atoms with E-state index >= 15 is 0 Å². The molecule has 2 atom stereocenters. The van der Waals surface area contributed by atoms with Gasteiger partial charge in [-0.3, -0.25) is 4.98 Å². The van der Waals surface area contributed by atoms with E-state index in [0.29, 0.717) is 12.0 Å². The van der Waals surface area contributed by atoms with Gasteiger partial charge in [0.25, 0.3) is 0 Å². The van der Waals surface area contributed by atoms with Gasteiger partial charge in [0.05, 0.1) is 0 Å². The average Bonchev–Trinajstić information content (AvgIpc) is 2.78. The summed E-state index contributed by atoms with van der Waals surface area (Å²) in [6.45, 7) is 7.16. The molecule has 1 heterocycles. The van der Waals surface area contributed by atoms with Crippen molar-refractivity contribution in [2.45, 2.75) is 44.6 Å². The third-order valence-corrected chi connectivity index (χ3v) is 3.56. The van der Waals surface area contributed by atoms with Crippen molar-refractivity contribution < 1.29 is 0 Å². The Morgan fingerprint density at radius 2 is 2.53 bits per heavy atom. The summed E-state index contributed by atoms with van der Waals surface area (Å²) in [5.41, 5.74) is 2.74. The Morgan fingerprint density at radius 3 is 3.29 bits per heavy atom. The Kier molecular flexibility index (Phi) is 4.32. The highest BCUT2D eigenvalue weighted by molar-refractivity contribution is 5.30. The molecule has 2 rings (SSSR count). The molecule has 0 aromatic carbocycles. The highest BCUT2D eigenvalue weighted by atomic mass is 14.9. The second-order valence-corrected chi connectivity index (χ2v) is 4.78. The van der Waals surface area contributed by atoms with Crippen molar-refractivity contribution in [2.75, 3.05) is 6.54 Å². The van der Waals surface area contributed by atoms with Gasteiger partial charge < -0.3 is 5.32 Å². The SMILES string of the molecule is C=CCC(NCCC)C1CCc2cccnc21. The molecule has 0 fully saturated rings. The number of hydrogen-bond donors (Lipinski definition) is 1. The third-order valence-electron chi connectivity index (χ3n) is 3.56. The minimum Gasteiger partial charge on any atom is -0.313 e. The van der Waals surface area contributed by atoms with E-state index in [9.17, 15) is 0 Å². The summed E-state index contributed by atoms with van der Waals surface area (Å²) in [7, 11) is 0. The molecule has 1 aromatic rings. The Morgan fingerprint density at radius 1 is 1.65 bits per heavy atom. The zero-order valence-electron chi connectivity index (χ0n) is 10.7. The van der Waals surface area contributed by atoms with Gasteiger partial charge in [-0.15, -0.1) is 6.58 Å². The fraction of sp³-hybridized carbons (Fsp3) is 0.533. The molecule has 0 saturated carbocycles. The molecule has 17 heavy (non-hydrogen) atoms. The van der Waals surface area contributed by atoms with Crippen LogP contribution in [0.2, 0.25) is 0 Å². The summed E-state index contributed by atoms with van der Waals surface area (Å²) in [4.78, 5) is 4.58. The Balaban J connectivity index is 2.12. The molecule has 0 amide bonds. The predicted octanol–water partition coefficient (Wildman–Crippen LogP) is 3.06. The highest BCUT2D eigenvalue weighted by Gasteiger charge is 2.29. The van der Waals surface area contributed by atoms with Crippen LogP contribution in [0, 0.1) is 0 Å². The lowest BCUT2D eigenvalue weighted by molar-refractivity contribution is 0.426. The van der Waals surface area contributed by atoms with Gasteiger partial charge in [0.15, 0.2) is 0 Å². The van der Waals surface area contributed by atoms with E-state index in [-0.39, 0.29) is 0 Å². The molecule has 0 radical (unpaired) electrons. The van der Waals surface area contributed by atoms with Crippen LogP contribution in [0.1, 0.15) is 43.4 Å². The first-order valence-electron chi connectivity index (χ1n) is 6.65. The lowest BCUT2D eigenvalue weighted by Gasteiger charge is -2.23. The van der Waals surface area contributed by atoms with E-state index < -0.39 is 0 Å². The van der Waals surface area contributed by atoms with E-state index in [1.54, 1.807) is 0 Å². The molecule has 1 N–H and O–H groups in total. The fourth-order valence-corrected chi connectivity index (χ4v) is 2.73. The molecule has 0 aliphatic heterocycles. The Labute approximate surface area is 104 Å². The van der Waals surface area contributed by atoms with Crippen molar-refractivity contribution in [2.24, 2.45) is 0 Å². The average molecular weight is 230 g/mol. The molecule has 0 saturated heterocycles. The van der Waals surface area contributed by atoms with Crippen LogP contribution >= 0.6 is 0 Å². The second kappa shape index (κ2) is 5.97. The van der Waals surface area contributed by atoms with Gasteiger partial charge in [0.2, 0.25) is 0 Å². The van der Waals surface area contributed by atoms with Gasteiger partial charge in [-0.05, 0) is 43.9 Å². The van der Waals surface area contributed by atoms with Crippen molar-refractivity contribution in [3.05, 3.63) is 42.2 Å². The van der Waals surface area contributed by atoms with Gasteiger partial charge in [-0.2, -0.15) is 0 Å². The van der Waals surface area contributed by atoms with E-state index in [0.717, 1.165) is 13.0 Å². The molecule has 2 unspecified atom stereocenters. The Bertz CT molecular complexity index is 373. The Hall–Kier alpha value is -1.15. The lowest BCUT2D eigenvalue weighted by Crippen LogP contribution is -2.34. The molecule has 2 nitrogen and oxygen atoms in total. The predicted molar refractivity (Wildman–Crippen MR) is 72.2 cm³/mol. The molecule has 1 aliphatic rings. The lowest BCUT2D eigenvalue weighted by atomic mass is 9.94. The number of aromatic nitrogens is 1. The molecule has 92 valence electrons. The molecular formula is C15H22N2. The van der Waals surface area contributed by atoms with Crippen LogP contribution in [-0.4, -0.2) is 17.6 Å². The maximum atomic E-state index is 4.58. The summed E-state index contributed by atoms with van der Waals surface area (Å²) in [5.74, 6) is 0.566. The number of hydrogen-bond acceptors (Lipinski definition) is 2. The summed E-state index contributed by atoms with van der Waals surface area (Å²) in [6, 6.07) is 4.76. The minimum absolute atomic E-state index is 0.503. The zero-order valence-corrected chi connectivity index (χ0v) is 10.7. The molecule has 1 aromatic heterocycles. The monoisotopic (exact) mass is 230 g/mol. The van der Waals surface area contributed by atoms with Gasteiger partial charge in [0, 0.05) is 23.9 Å². The summed E-state index contributed by atoms with van der Waals surface area (Å²) < 4.78 is 0. The van der Waals surface area contributed by atoms with Crippen molar-refractivity contribution in [1.29, 1.82) is 0 Å². The number of aryl methyl sites for hydroxylation is 1. The van der Waals surface area contributed by atoms with Gasteiger partial charge in [-0.25, -0.2) is 0 Å². The zero-order chi connectivity index (χ0) is 12.1. The normalized spacial score (nSPS) is 19.9. The maximum absolute atomic E-state index is 4.58. The van der Waals surface area contributed by atoms with Gasteiger partial charge >= 0.3 is 0 Å². The molecule has 1 aliphatic carbocycles. The fourth-order valence-electron chi connectivity index (χ4n) is 2.73. The first-order valence-corrected chi connectivity index (χ1v) is 6.65. The van der Waals surface area contributed by atoms with E-state index in [2.05, 4.69) is 29.9 Å². The van der Waals surface area contributed by atoms with Gasteiger partial charge in [0.1, 0.15) is 0 Å². The molecular weight excluding hydrogens is 208 g/mol. The summed E-state index contributed by atoms with van der Waals surface area (Å²) in [6.07, 6.45) is 8.54. The van der Waals surface area contributed by atoms with Crippen molar-refractivity contribution in [3.8, 4) is 0 Å². The van der Waals surface area contributed by atoms with Crippen molar-refractivity contribution >= 4 is 0 Å². The van der Waals surface area contributed by atoms with Crippen molar-refractivity contribution in [3.63, 3.8) is 0 Å². The van der Waals surface area contributed by atoms with Crippen LogP contribution in [-0.2, 0) is 6.42 Å².